The quantitative estimate of drug-likeness (QED) is 0.191. The van der Waals surface area contributed by atoms with E-state index in [9.17, 15) is 0 Å². The third-order valence-corrected chi connectivity index (χ3v) is 9.65. The van der Waals surface area contributed by atoms with Crippen LogP contribution in [0.4, 0.5) is 0 Å². The molecular formula is C43H32N2. The number of aryl methyl sites for hydroxylation is 1. The first-order valence-electron chi connectivity index (χ1n) is 16.0. The van der Waals surface area contributed by atoms with Gasteiger partial charge >= 0.3 is 0 Å². The van der Waals surface area contributed by atoms with Gasteiger partial charge in [-0.15, -0.1) is 0 Å². The van der Waals surface area contributed by atoms with Gasteiger partial charge in [-0.05, 0) is 72.8 Å². The van der Waals surface area contributed by atoms with Crippen LogP contribution in [0.5, 0.6) is 0 Å². The molecule has 0 fully saturated rings. The molecule has 9 rings (SSSR count). The molecule has 2 aliphatic rings. The van der Waals surface area contributed by atoms with Crippen LogP contribution < -0.4 is 0 Å². The Hall–Kier alpha value is -5.47. The molecule has 0 aliphatic heterocycles. The molecular weight excluding hydrogens is 544 g/mol. The molecule has 0 spiro atoms. The van der Waals surface area contributed by atoms with Crippen molar-refractivity contribution in [2.24, 2.45) is 11.8 Å². The van der Waals surface area contributed by atoms with Gasteiger partial charge in [0, 0.05) is 24.0 Å². The molecule has 0 N–H and O–H groups in total. The molecule has 6 aromatic carbocycles. The van der Waals surface area contributed by atoms with Gasteiger partial charge in [0.1, 0.15) is 5.82 Å². The summed E-state index contributed by atoms with van der Waals surface area (Å²) in [5.41, 5.74) is 8.63. The highest BCUT2D eigenvalue weighted by Crippen LogP contribution is 2.45. The van der Waals surface area contributed by atoms with Crippen LogP contribution in [-0.2, 0) is 6.42 Å². The molecule has 45 heavy (non-hydrogen) atoms. The second kappa shape index (κ2) is 10.3. The van der Waals surface area contributed by atoms with Crippen LogP contribution in [0.25, 0.3) is 65.7 Å². The minimum Gasteiger partial charge on any atom is -0.297 e. The Balaban J connectivity index is 1.20. The van der Waals surface area contributed by atoms with E-state index in [1.54, 1.807) is 0 Å². The lowest BCUT2D eigenvalue weighted by molar-refractivity contribution is 0.660. The zero-order chi connectivity index (χ0) is 29.9. The van der Waals surface area contributed by atoms with E-state index in [-0.39, 0.29) is 0 Å². The van der Waals surface area contributed by atoms with Crippen molar-refractivity contribution in [2.75, 3.05) is 0 Å². The summed E-state index contributed by atoms with van der Waals surface area (Å²) < 4.78 is 2.34. The first-order chi connectivity index (χ1) is 22.3. The average molecular weight is 577 g/mol. The molecule has 0 saturated heterocycles. The van der Waals surface area contributed by atoms with E-state index in [1.807, 2.05) is 0 Å². The summed E-state index contributed by atoms with van der Waals surface area (Å²) in [6.07, 6.45) is 15.2. The largest absolute Gasteiger partial charge is 0.297 e. The minimum absolute atomic E-state index is 0.295. The van der Waals surface area contributed by atoms with Gasteiger partial charge in [0.05, 0.1) is 11.0 Å². The standard InChI is InChI=1S/C43H32N2/c1-2-41-44-39-20-9-10-21-40(39)45(41)32-25-24-29-26-31(23-22-30(29)27-32)42-35-15-5-7-17-37(35)43(38-18-8-6-16-36(38)42)34-19-11-13-28-12-3-4-14-33(28)34/h3-27,29-30H,2H2,1H3. The Kier molecular flexibility index (Phi) is 5.96. The number of para-hydroxylation sites is 2. The zero-order valence-corrected chi connectivity index (χ0v) is 25.2. The molecule has 2 atom stereocenters. The second-order valence-electron chi connectivity index (χ2n) is 12.2. The average Bonchev–Trinajstić information content (AvgIpc) is 3.49. The van der Waals surface area contributed by atoms with Crippen molar-refractivity contribution < 1.29 is 0 Å². The minimum atomic E-state index is 0.295. The van der Waals surface area contributed by atoms with Gasteiger partial charge in [0.15, 0.2) is 0 Å². The molecule has 0 bridgehead atoms. The van der Waals surface area contributed by atoms with Crippen LogP contribution in [-0.4, -0.2) is 9.55 Å². The van der Waals surface area contributed by atoms with Crippen LogP contribution in [0.1, 0.15) is 18.3 Å². The van der Waals surface area contributed by atoms with E-state index in [0.29, 0.717) is 11.8 Å². The molecule has 1 heterocycles. The lowest BCUT2D eigenvalue weighted by Crippen LogP contribution is -2.15. The maximum Gasteiger partial charge on any atom is 0.114 e. The summed E-state index contributed by atoms with van der Waals surface area (Å²) in [7, 11) is 0. The van der Waals surface area contributed by atoms with Crippen LogP contribution in [0, 0.1) is 11.8 Å². The molecule has 2 heteroatoms. The van der Waals surface area contributed by atoms with Crippen LogP contribution >= 0.6 is 0 Å². The van der Waals surface area contributed by atoms with Crippen molar-refractivity contribution in [3.05, 3.63) is 163 Å². The fourth-order valence-corrected chi connectivity index (χ4v) is 7.62. The third kappa shape index (κ3) is 4.06. The maximum absolute atomic E-state index is 4.92. The Bertz CT molecular complexity index is 2370. The van der Waals surface area contributed by atoms with Gasteiger partial charge < -0.3 is 0 Å². The lowest BCUT2D eigenvalue weighted by atomic mass is 9.78. The predicted molar refractivity (Wildman–Crippen MR) is 191 cm³/mol. The molecule has 1 aromatic heterocycles. The van der Waals surface area contributed by atoms with E-state index < -0.39 is 0 Å². The van der Waals surface area contributed by atoms with Gasteiger partial charge in [0.25, 0.3) is 0 Å². The SMILES string of the molecule is CCc1nc2ccccc2n1C1=CC2C=CC(c3c4ccccc4c(-c4cccc5ccccc45)c4ccccc34)=CC2C=C1. The van der Waals surface area contributed by atoms with Gasteiger partial charge in [-0.25, -0.2) is 4.98 Å². The molecule has 0 saturated carbocycles. The number of nitrogens with zero attached hydrogens (tertiary/aromatic N) is 2. The highest BCUT2D eigenvalue weighted by atomic mass is 15.1. The number of allylic oxidation sites excluding steroid dienone is 8. The highest BCUT2D eigenvalue weighted by molar-refractivity contribution is 6.21. The van der Waals surface area contributed by atoms with Crippen LogP contribution in [0.2, 0.25) is 0 Å². The number of hydrogen-bond donors (Lipinski definition) is 0. The highest BCUT2D eigenvalue weighted by Gasteiger charge is 2.25. The number of fused-ring (bicyclic) bond motifs is 5. The fourth-order valence-electron chi connectivity index (χ4n) is 7.62. The van der Waals surface area contributed by atoms with Crippen molar-refractivity contribution in [1.82, 2.24) is 9.55 Å². The number of aromatic nitrogens is 2. The number of benzene rings is 6. The number of hydrogen-bond acceptors (Lipinski definition) is 1. The van der Waals surface area contributed by atoms with Crippen LogP contribution in [0.3, 0.4) is 0 Å². The summed E-state index contributed by atoms with van der Waals surface area (Å²) in [4.78, 5) is 4.92. The summed E-state index contributed by atoms with van der Waals surface area (Å²) in [6.45, 7) is 2.18. The Morgan fingerprint density at radius 1 is 0.578 bits per heavy atom. The number of imidazole rings is 1. The zero-order valence-electron chi connectivity index (χ0n) is 25.2. The maximum atomic E-state index is 4.92. The molecule has 0 radical (unpaired) electrons. The predicted octanol–water partition coefficient (Wildman–Crippen LogP) is 11.0. The van der Waals surface area contributed by atoms with Crippen molar-refractivity contribution in [3.8, 4) is 11.1 Å². The van der Waals surface area contributed by atoms with Crippen molar-refractivity contribution in [3.63, 3.8) is 0 Å². The molecule has 2 unspecified atom stereocenters. The normalized spacial score (nSPS) is 17.6. The van der Waals surface area contributed by atoms with E-state index in [2.05, 4.69) is 163 Å². The fraction of sp³-hybridized carbons (Fsp3) is 0.0930. The van der Waals surface area contributed by atoms with Crippen molar-refractivity contribution >= 4 is 54.6 Å². The lowest BCUT2D eigenvalue weighted by Gasteiger charge is -2.27. The Morgan fingerprint density at radius 2 is 1.18 bits per heavy atom. The van der Waals surface area contributed by atoms with E-state index in [1.165, 1.54) is 65.8 Å². The van der Waals surface area contributed by atoms with Crippen molar-refractivity contribution in [1.29, 1.82) is 0 Å². The topological polar surface area (TPSA) is 17.8 Å². The smallest absolute Gasteiger partial charge is 0.114 e. The molecule has 2 aliphatic carbocycles. The monoisotopic (exact) mass is 576 g/mol. The second-order valence-corrected chi connectivity index (χ2v) is 12.2. The van der Waals surface area contributed by atoms with Gasteiger partial charge in [-0.3, -0.25) is 4.57 Å². The van der Waals surface area contributed by atoms with E-state index >= 15 is 0 Å². The van der Waals surface area contributed by atoms with E-state index in [4.69, 9.17) is 4.98 Å². The molecule has 214 valence electrons. The van der Waals surface area contributed by atoms with Gasteiger partial charge in [-0.1, -0.05) is 140 Å². The Morgan fingerprint density at radius 3 is 1.93 bits per heavy atom. The summed E-state index contributed by atoms with van der Waals surface area (Å²) in [6, 6.07) is 41.8. The first kappa shape index (κ1) is 26.0. The van der Waals surface area contributed by atoms with Gasteiger partial charge in [-0.2, -0.15) is 0 Å². The Labute approximate surface area is 263 Å². The summed E-state index contributed by atoms with van der Waals surface area (Å²) in [5, 5.41) is 7.72. The van der Waals surface area contributed by atoms with E-state index in [0.717, 1.165) is 17.8 Å². The van der Waals surface area contributed by atoms with Gasteiger partial charge in [0.2, 0.25) is 0 Å². The first-order valence-corrected chi connectivity index (χ1v) is 16.0. The third-order valence-electron chi connectivity index (χ3n) is 9.65. The molecule has 2 nitrogen and oxygen atoms in total. The molecule has 0 amide bonds. The molecule has 7 aromatic rings. The number of rotatable bonds is 4. The van der Waals surface area contributed by atoms with Crippen molar-refractivity contribution in [2.45, 2.75) is 13.3 Å². The summed E-state index contributed by atoms with van der Waals surface area (Å²) in [5.74, 6) is 1.70. The van der Waals surface area contributed by atoms with Crippen LogP contribution in [0.15, 0.2) is 152 Å². The summed E-state index contributed by atoms with van der Waals surface area (Å²) >= 11 is 0.